The first kappa shape index (κ1) is 8.65. The smallest absolute Gasteiger partial charge is 0.118 e. The maximum Gasteiger partial charge on any atom is 0.118 e. The summed E-state index contributed by atoms with van der Waals surface area (Å²) in [6.07, 6.45) is 4.20. The lowest BCUT2D eigenvalue weighted by molar-refractivity contribution is 0.726. The Hall–Kier alpha value is -0.440. The molecule has 0 aliphatic heterocycles. The molecule has 1 heterocycles. The molecule has 0 atom stereocenters. The second kappa shape index (κ2) is 3.81. The lowest BCUT2D eigenvalue weighted by Gasteiger charge is -2.00. The lowest BCUT2D eigenvalue weighted by Crippen LogP contribution is -1.98. The lowest BCUT2D eigenvalue weighted by atomic mass is 10.6. The highest BCUT2D eigenvalue weighted by Crippen LogP contribution is 2.08. The van der Waals surface area contributed by atoms with E-state index in [0.717, 1.165) is 18.0 Å². The van der Waals surface area contributed by atoms with Gasteiger partial charge in [-0.3, -0.25) is 0 Å². The number of hydrogen-bond donors (Lipinski definition) is 0. The first-order valence-electron chi connectivity index (χ1n) is 3.79. The van der Waals surface area contributed by atoms with Crippen molar-refractivity contribution in [3.05, 3.63) is 17.7 Å². The summed E-state index contributed by atoms with van der Waals surface area (Å²) in [5.41, 5.74) is 1.12. The van der Waals surface area contributed by atoms with Crippen LogP contribution in [-0.4, -0.2) is 15.8 Å². The average Bonchev–Trinajstić information content (AvgIpc) is 2.32. The Morgan fingerprint density at radius 1 is 1.64 bits per heavy atom. The van der Waals surface area contributed by atoms with E-state index in [1.54, 1.807) is 0 Å². The quantitative estimate of drug-likeness (QED) is 0.691. The fraction of sp³-hybridized carbons (Fsp3) is 0.625. The van der Waals surface area contributed by atoms with Crippen LogP contribution in [0.4, 0.5) is 0 Å². The molecule has 1 aromatic heterocycles. The molecule has 0 aliphatic carbocycles. The number of nitrogens with zero attached hydrogens (tertiary/aromatic N) is 2. The Balaban J connectivity index is 2.83. The fourth-order valence-corrected chi connectivity index (χ4v) is 1.60. The Kier molecular flexibility index (Phi) is 3.00. The average molecular weight is 170 g/mol. The van der Waals surface area contributed by atoms with E-state index in [-0.39, 0.29) is 0 Å². The van der Waals surface area contributed by atoms with Crippen LogP contribution >= 0.6 is 11.8 Å². The first-order valence-corrected chi connectivity index (χ1v) is 5.19. The van der Waals surface area contributed by atoms with E-state index < -0.39 is 0 Å². The Morgan fingerprint density at radius 2 is 2.36 bits per heavy atom. The minimum absolute atomic E-state index is 1.02. The van der Waals surface area contributed by atoms with Gasteiger partial charge in [-0.05, 0) is 20.1 Å². The molecule has 0 spiro atoms. The molecule has 0 aromatic carbocycles. The van der Waals surface area contributed by atoms with Crippen LogP contribution in [0.5, 0.6) is 0 Å². The van der Waals surface area contributed by atoms with Crippen LogP contribution in [0.15, 0.2) is 6.20 Å². The highest BCUT2D eigenvalue weighted by molar-refractivity contribution is 7.97. The third-order valence-corrected chi connectivity index (χ3v) is 2.14. The summed E-state index contributed by atoms with van der Waals surface area (Å²) in [5.74, 6) is 2.21. The van der Waals surface area contributed by atoms with Crippen LogP contribution in [0, 0.1) is 6.92 Å². The van der Waals surface area contributed by atoms with Gasteiger partial charge in [0.2, 0.25) is 0 Å². The van der Waals surface area contributed by atoms with Gasteiger partial charge < -0.3 is 4.57 Å². The van der Waals surface area contributed by atoms with E-state index in [2.05, 4.69) is 28.9 Å². The molecule has 62 valence electrons. The summed E-state index contributed by atoms with van der Waals surface area (Å²) >= 11 is 1.81. The number of imidazole rings is 1. The minimum Gasteiger partial charge on any atom is -0.334 e. The molecule has 11 heavy (non-hydrogen) atoms. The maximum atomic E-state index is 4.41. The van der Waals surface area contributed by atoms with Crippen molar-refractivity contribution in [2.45, 2.75) is 26.1 Å². The zero-order chi connectivity index (χ0) is 8.27. The standard InChI is InChI=1S/C8H14N2S/c1-4-10-5-7(2)9-8(10)6-11-3/h5H,4,6H2,1-3H3. The van der Waals surface area contributed by atoms with Crippen molar-refractivity contribution in [1.29, 1.82) is 0 Å². The Morgan fingerprint density at radius 3 is 2.91 bits per heavy atom. The molecule has 3 heteroatoms. The van der Waals surface area contributed by atoms with Gasteiger partial charge in [0.15, 0.2) is 0 Å². The maximum absolute atomic E-state index is 4.41. The van der Waals surface area contributed by atoms with Gasteiger partial charge >= 0.3 is 0 Å². The van der Waals surface area contributed by atoms with Crippen LogP contribution in [0.25, 0.3) is 0 Å². The zero-order valence-corrected chi connectivity index (χ0v) is 8.11. The van der Waals surface area contributed by atoms with Crippen LogP contribution in [0.2, 0.25) is 0 Å². The van der Waals surface area contributed by atoms with Gasteiger partial charge in [-0.1, -0.05) is 0 Å². The fourth-order valence-electron chi connectivity index (χ4n) is 1.11. The predicted octanol–water partition coefficient (Wildman–Crippen LogP) is 2.07. The first-order chi connectivity index (χ1) is 5.27. The van der Waals surface area contributed by atoms with Crippen LogP contribution in [0.1, 0.15) is 18.4 Å². The number of rotatable bonds is 3. The molecule has 1 rings (SSSR count). The number of thioether (sulfide) groups is 1. The van der Waals surface area contributed by atoms with Gasteiger partial charge in [0, 0.05) is 12.7 Å². The Labute approximate surface area is 72.0 Å². The van der Waals surface area contributed by atoms with Gasteiger partial charge in [0.1, 0.15) is 5.82 Å². The van der Waals surface area contributed by atoms with Crippen molar-refractivity contribution in [1.82, 2.24) is 9.55 Å². The minimum atomic E-state index is 1.02. The molecule has 2 nitrogen and oxygen atoms in total. The topological polar surface area (TPSA) is 17.8 Å². The molecule has 0 unspecified atom stereocenters. The molecule has 0 amide bonds. The highest BCUT2D eigenvalue weighted by Gasteiger charge is 2.01. The summed E-state index contributed by atoms with van der Waals surface area (Å²) in [4.78, 5) is 4.41. The van der Waals surface area contributed by atoms with Gasteiger partial charge in [-0.2, -0.15) is 11.8 Å². The van der Waals surface area contributed by atoms with Gasteiger partial charge in [-0.15, -0.1) is 0 Å². The van der Waals surface area contributed by atoms with E-state index in [1.165, 1.54) is 5.82 Å². The van der Waals surface area contributed by atoms with Crippen molar-refractivity contribution in [2.24, 2.45) is 0 Å². The number of aromatic nitrogens is 2. The summed E-state index contributed by atoms with van der Waals surface area (Å²) in [7, 11) is 0. The third-order valence-electron chi connectivity index (χ3n) is 1.59. The molecule has 1 aromatic rings. The zero-order valence-electron chi connectivity index (χ0n) is 7.29. The molecule has 0 bridgehead atoms. The summed E-state index contributed by atoms with van der Waals surface area (Å²) in [6.45, 7) is 5.21. The van der Waals surface area contributed by atoms with Crippen molar-refractivity contribution in [3.8, 4) is 0 Å². The summed E-state index contributed by atoms with van der Waals surface area (Å²) < 4.78 is 2.20. The molecule has 0 saturated heterocycles. The third kappa shape index (κ3) is 1.99. The number of hydrogen-bond acceptors (Lipinski definition) is 2. The van der Waals surface area contributed by atoms with Crippen LogP contribution in [-0.2, 0) is 12.3 Å². The van der Waals surface area contributed by atoms with E-state index in [9.17, 15) is 0 Å². The molecule has 0 N–H and O–H groups in total. The van der Waals surface area contributed by atoms with E-state index >= 15 is 0 Å². The second-order valence-corrected chi connectivity index (χ2v) is 3.38. The van der Waals surface area contributed by atoms with Crippen molar-refractivity contribution >= 4 is 11.8 Å². The number of aryl methyl sites for hydroxylation is 2. The van der Waals surface area contributed by atoms with E-state index in [4.69, 9.17) is 0 Å². The molecule has 0 fully saturated rings. The predicted molar refractivity (Wildman–Crippen MR) is 49.9 cm³/mol. The van der Waals surface area contributed by atoms with Crippen molar-refractivity contribution in [3.63, 3.8) is 0 Å². The molecule has 0 aliphatic rings. The molecule has 0 saturated carbocycles. The summed E-state index contributed by atoms with van der Waals surface area (Å²) in [6, 6.07) is 0. The van der Waals surface area contributed by atoms with E-state index in [0.29, 0.717) is 0 Å². The summed E-state index contributed by atoms with van der Waals surface area (Å²) in [5, 5.41) is 0. The highest BCUT2D eigenvalue weighted by atomic mass is 32.2. The molecule has 0 radical (unpaired) electrons. The monoisotopic (exact) mass is 170 g/mol. The Bertz CT molecular complexity index is 230. The van der Waals surface area contributed by atoms with Crippen molar-refractivity contribution in [2.75, 3.05) is 6.26 Å². The van der Waals surface area contributed by atoms with Crippen molar-refractivity contribution < 1.29 is 0 Å². The largest absolute Gasteiger partial charge is 0.334 e. The van der Waals surface area contributed by atoms with Gasteiger partial charge in [-0.25, -0.2) is 4.98 Å². The van der Waals surface area contributed by atoms with Crippen LogP contribution < -0.4 is 0 Å². The van der Waals surface area contributed by atoms with Gasteiger partial charge in [0.25, 0.3) is 0 Å². The second-order valence-electron chi connectivity index (χ2n) is 2.52. The van der Waals surface area contributed by atoms with Gasteiger partial charge in [0.05, 0.1) is 11.4 Å². The molecular formula is C8H14N2S. The SMILES string of the molecule is CCn1cc(C)nc1CSC. The molecular weight excluding hydrogens is 156 g/mol. The van der Waals surface area contributed by atoms with Crippen LogP contribution in [0.3, 0.4) is 0 Å². The van der Waals surface area contributed by atoms with E-state index in [1.807, 2.05) is 18.7 Å². The normalized spacial score (nSPS) is 10.5.